The van der Waals surface area contributed by atoms with Crippen molar-refractivity contribution in [3.8, 4) is 0 Å². The maximum Gasteiger partial charge on any atom is 0.0545 e. The first-order valence-electron chi connectivity index (χ1n) is 10.7. The van der Waals surface area contributed by atoms with Crippen LogP contribution in [-0.2, 0) is 4.74 Å². The topological polar surface area (TPSA) is 29.5 Å². The van der Waals surface area contributed by atoms with Crippen LogP contribution >= 0.6 is 0 Å². The van der Waals surface area contributed by atoms with Gasteiger partial charge < -0.3 is 9.84 Å². The lowest BCUT2D eigenvalue weighted by molar-refractivity contribution is -0.0846. The lowest BCUT2D eigenvalue weighted by atomic mass is 9.49. The predicted octanol–water partition coefficient (Wildman–Crippen LogP) is 4.90. The van der Waals surface area contributed by atoms with Gasteiger partial charge in [0.15, 0.2) is 0 Å². The molecule has 2 heteroatoms. The fourth-order valence-electron chi connectivity index (χ4n) is 8.17. The van der Waals surface area contributed by atoms with Crippen LogP contribution in [0.1, 0.15) is 71.6 Å². The van der Waals surface area contributed by atoms with Gasteiger partial charge in [0.05, 0.1) is 6.10 Å². The van der Waals surface area contributed by atoms with Crippen molar-refractivity contribution in [1.29, 1.82) is 0 Å². The quantitative estimate of drug-likeness (QED) is 0.795. The van der Waals surface area contributed by atoms with Gasteiger partial charge >= 0.3 is 0 Å². The van der Waals surface area contributed by atoms with E-state index in [0.717, 1.165) is 42.1 Å². The monoisotopic (exact) mass is 334 g/mol. The molecule has 2 nitrogen and oxygen atoms in total. The van der Waals surface area contributed by atoms with Gasteiger partial charge in [0.1, 0.15) is 0 Å². The van der Waals surface area contributed by atoms with Crippen LogP contribution in [0.25, 0.3) is 0 Å². The number of ether oxygens (including phenoxy) is 1. The summed E-state index contributed by atoms with van der Waals surface area (Å²) in [6, 6.07) is 0. The zero-order chi connectivity index (χ0) is 16.9. The highest BCUT2D eigenvalue weighted by molar-refractivity contribution is 5.06. The maximum absolute atomic E-state index is 10.3. The van der Waals surface area contributed by atoms with E-state index in [2.05, 4.69) is 6.92 Å². The van der Waals surface area contributed by atoms with Crippen LogP contribution in [-0.4, -0.2) is 24.9 Å². The molecule has 24 heavy (non-hydrogen) atoms. The molecule has 0 radical (unpaired) electrons. The zero-order valence-corrected chi connectivity index (χ0v) is 16.0. The van der Waals surface area contributed by atoms with Gasteiger partial charge in [-0.1, -0.05) is 6.92 Å². The summed E-state index contributed by atoms with van der Waals surface area (Å²) in [5.74, 6) is 6.23. The Kier molecular flexibility index (Phi) is 4.75. The van der Waals surface area contributed by atoms with E-state index in [4.69, 9.17) is 4.74 Å². The molecule has 4 aliphatic carbocycles. The summed E-state index contributed by atoms with van der Waals surface area (Å²) in [5, 5.41) is 10.3. The van der Waals surface area contributed by atoms with Crippen molar-refractivity contribution >= 4 is 0 Å². The lowest BCUT2D eigenvalue weighted by Gasteiger charge is -2.56. The molecule has 4 rings (SSSR count). The number of fused-ring (bicyclic) bond motifs is 5. The van der Waals surface area contributed by atoms with Gasteiger partial charge in [0.25, 0.3) is 0 Å². The Morgan fingerprint density at radius 1 is 1.00 bits per heavy atom. The lowest BCUT2D eigenvalue weighted by Crippen LogP contribution is -2.49. The van der Waals surface area contributed by atoms with Gasteiger partial charge in [0.2, 0.25) is 0 Å². The van der Waals surface area contributed by atoms with Gasteiger partial charge in [-0.05, 0) is 112 Å². The van der Waals surface area contributed by atoms with Gasteiger partial charge in [-0.3, -0.25) is 0 Å². The molecule has 8 unspecified atom stereocenters. The molecule has 0 bridgehead atoms. The van der Waals surface area contributed by atoms with E-state index in [9.17, 15) is 5.11 Å². The molecular weight excluding hydrogens is 296 g/mol. The zero-order valence-electron chi connectivity index (χ0n) is 16.0. The third-order valence-corrected chi connectivity index (χ3v) is 9.12. The van der Waals surface area contributed by atoms with Gasteiger partial charge in [0, 0.05) is 13.7 Å². The molecule has 138 valence electrons. The second kappa shape index (κ2) is 6.58. The van der Waals surface area contributed by atoms with Crippen molar-refractivity contribution in [2.24, 2.45) is 46.8 Å². The molecule has 0 aliphatic heterocycles. The molecule has 0 aromatic carbocycles. The third-order valence-electron chi connectivity index (χ3n) is 9.12. The molecule has 1 N–H and O–H groups in total. The number of rotatable bonds is 3. The Morgan fingerprint density at radius 3 is 2.54 bits per heavy atom. The number of hydrogen-bond donors (Lipinski definition) is 1. The fourth-order valence-corrected chi connectivity index (χ4v) is 8.17. The van der Waals surface area contributed by atoms with E-state index in [0.29, 0.717) is 11.3 Å². The molecule has 4 fully saturated rings. The molecule has 4 aliphatic rings. The summed E-state index contributed by atoms with van der Waals surface area (Å²) in [4.78, 5) is 0. The summed E-state index contributed by atoms with van der Waals surface area (Å²) in [7, 11) is 1.86. The van der Waals surface area contributed by atoms with Crippen LogP contribution < -0.4 is 0 Å². The van der Waals surface area contributed by atoms with Crippen molar-refractivity contribution in [3.63, 3.8) is 0 Å². The first-order valence-corrected chi connectivity index (χ1v) is 10.7. The van der Waals surface area contributed by atoms with Gasteiger partial charge in [-0.2, -0.15) is 0 Å². The summed E-state index contributed by atoms with van der Waals surface area (Å²) >= 11 is 0. The number of hydrogen-bond acceptors (Lipinski definition) is 2. The van der Waals surface area contributed by atoms with Crippen molar-refractivity contribution in [2.75, 3.05) is 13.7 Å². The smallest absolute Gasteiger partial charge is 0.0545 e. The Labute approximate surface area is 148 Å². The Morgan fingerprint density at radius 2 is 1.79 bits per heavy atom. The van der Waals surface area contributed by atoms with Crippen molar-refractivity contribution in [2.45, 2.75) is 77.7 Å². The molecule has 0 aromatic rings. The number of aliphatic hydroxyl groups is 1. The van der Waals surface area contributed by atoms with Crippen LogP contribution in [0.2, 0.25) is 0 Å². The SMILES string of the molecule is COC[C@H]1CCC2C(CCC3C2CCC2(C)C(C(C)O)CCC32)C1. The highest BCUT2D eigenvalue weighted by Gasteiger charge is 2.57. The number of aliphatic hydroxyl groups excluding tert-OH is 1. The third kappa shape index (κ3) is 2.67. The van der Waals surface area contributed by atoms with Crippen LogP contribution in [0.3, 0.4) is 0 Å². The summed E-state index contributed by atoms with van der Waals surface area (Å²) in [6.07, 6.45) is 12.6. The number of methoxy groups -OCH3 is 1. The Bertz CT molecular complexity index is 447. The average Bonchev–Trinajstić information content (AvgIpc) is 2.92. The second-order valence-corrected chi connectivity index (χ2v) is 10.0. The van der Waals surface area contributed by atoms with E-state index < -0.39 is 0 Å². The molecule has 0 spiro atoms. The molecule has 0 saturated heterocycles. The van der Waals surface area contributed by atoms with Crippen molar-refractivity contribution < 1.29 is 9.84 Å². The van der Waals surface area contributed by atoms with Crippen molar-refractivity contribution in [3.05, 3.63) is 0 Å². The molecular formula is C22H38O2. The molecule has 0 heterocycles. The highest BCUT2D eigenvalue weighted by atomic mass is 16.5. The summed E-state index contributed by atoms with van der Waals surface area (Å²) < 4.78 is 5.45. The first-order chi connectivity index (χ1) is 11.5. The standard InChI is InChI=1S/C22H38O2/c1-14(23)20-8-9-21-19-7-5-16-12-15(13-24-3)4-6-17(16)18(19)10-11-22(20,21)2/h14-21,23H,4-13H2,1-3H3/t14?,15-,16?,17?,18?,19?,20?,21?,22?/m0/s1. The van der Waals surface area contributed by atoms with Crippen LogP contribution in [0.5, 0.6) is 0 Å². The van der Waals surface area contributed by atoms with Crippen LogP contribution in [0.4, 0.5) is 0 Å². The van der Waals surface area contributed by atoms with Gasteiger partial charge in [-0.25, -0.2) is 0 Å². The Hall–Kier alpha value is -0.0800. The minimum Gasteiger partial charge on any atom is -0.393 e. The van der Waals surface area contributed by atoms with E-state index in [1.54, 1.807) is 0 Å². The average molecular weight is 335 g/mol. The van der Waals surface area contributed by atoms with E-state index >= 15 is 0 Å². The predicted molar refractivity (Wildman–Crippen MR) is 97.6 cm³/mol. The minimum absolute atomic E-state index is 0.114. The first kappa shape index (κ1) is 17.3. The largest absolute Gasteiger partial charge is 0.393 e. The van der Waals surface area contributed by atoms with Gasteiger partial charge in [-0.15, -0.1) is 0 Å². The molecule has 0 amide bonds. The van der Waals surface area contributed by atoms with E-state index in [1.165, 1.54) is 57.8 Å². The second-order valence-electron chi connectivity index (χ2n) is 10.0. The molecule has 9 atom stereocenters. The van der Waals surface area contributed by atoms with Crippen molar-refractivity contribution in [1.82, 2.24) is 0 Å². The minimum atomic E-state index is -0.114. The van der Waals surface area contributed by atoms with E-state index in [1.807, 2.05) is 14.0 Å². The Balaban J connectivity index is 1.48. The van der Waals surface area contributed by atoms with Crippen LogP contribution in [0.15, 0.2) is 0 Å². The van der Waals surface area contributed by atoms with Crippen LogP contribution in [0, 0.1) is 46.8 Å². The molecule has 4 saturated carbocycles. The summed E-state index contributed by atoms with van der Waals surface area (Å²) in [6.45, 7) is 5.55. The normalized spacial score (nSPS) is 52.2. The molecule has 0 aromatic heterocycles. The highest BCUT2D eigenvalue weighted by Crippen LogP contribution is 2.64. The van der Waals surface area contributed by atoms with E-state index in [-0.39, 0.29) is 6.10 Å². The summed E-state index contributed by atoms with van der Waals surface area (Å²) in [5.41, 5.74) is 0.426. The fraction of sp³-hybridized carbons (Fsp3) is 1.00. The maximum atomic E-state index is 10.3.